The first kappa shape index (κ1) is 19.4. The lowest BCUT2D eigenvalue weighted by Crippen LogP contribution is -2.55. The summed E-state index contributed by atoms with van der Waals surface area (Å²) in [6.07, 6.45) is -4.75. The highest BCUT2D eigenvalue weighted by Gasteiger charge is 2.59. The third-order valence-electron chi connectivity index (χ3n) is 4.90. The fourth-order valence-electron chi connectivity index (χ4n) is 3.65. The molecule has 146 valence electrons. The van der Waals surface area contributed by atoms with Crippen molar-refractivity contribution in [2.75, 3.05) is 13.1 Å². The van der Waals surface area contributed by atoms with Crippen LogP contribution in [0, 0.1) is 5.92 Å². The van der Waals surface area contributed by atoms with Crippen molar-refractivity contribution in [3.8, 4) is 0 Å². The Kier molecular flexibility index (Phi) is 4.51. The maximum Gasteiger partial charge on any atom is 0.523 e. The average molecular weight is 404 g/mol. The maximum atomic E-state index is 12.7. The molecule has 2 unspecified atom stereocenters. The predicted octanol–water partition coefficient (Wildman–Crippen LogP) is 2.59. The summed E-state index contributed by atoms with van der Waals surface area (Å²) in [4.78, 5) is 3.76. The van der Waals surface area contributed by atoms with Gasteiger partial charge < -0.3 is 5.32 Å². The summed E-state index contributed by atoms with van der Waals surface area (Å²) in [7, 11) is -5.84. The molecule has 0 radical (unpaired) electrons. The first-order chi connectivity index (χ1) is 11.9. The van der Waals surface area contributed by atoms with Crippen molar-refractivity contribution in [1.29, 1.82) is 0 Å². The van der Waals surface area contributed by atoms with Crippen molar-refractivity contribution in [1.82, 2.24) is 10.3 Å². The molecule has 0 spiro atoms. The van der Waals surface area contributed by atoms with E-state index in [-0.39, 0.29) is 25.2 Å². The van der Waals surface area contributed by atoms with Crippen LogP contribution in [-0.4, -0.2) is 38.1 Å². The van der Waals surface area contributed by atoms with E-state index in [0.717, 1.165) is 12.1 Å². The van der Waals surface area contributed by atoms with Gasteiger partial charge in [-0.2, -0.15) is 34.8 Å². The van der Waals surface area contributed by atoms with Crippen LogP contribution in [0.3, 0.4) is 0 Å². The van der Waals surface area contributed by atoms with Crippen molar-refractivity contribution in [2.24, 2.45) is 5.92 Å². The lowest BCUT2D eigenvalue weighted by molar-refractivity contribution is -0.137. The van der Waals surface area contributed by atoms with Crippen LogP contribution in [0.1, 0.15) is 24.1 Å². The Hall–Kier alpha value is -1.40. The Morgan fingerprint density at radius 2 is 1.88 bits per heavy atom. The van der Waals surface area contributed by atoms with Gasteiger partial charge in [0.1, 0.15) is 0 Å². The summed E-state index contributed by atoms with van der Waals surface area (Å²) in [6.45, 7) is 0.306. The monoisotopic (exact) mass is 404 g/mol. The maximum absolute atomic E-state index is 12.7. The van der Waals surface area contributed by atoms with Crippen LogP contribution < -0.4 is 5.32 Å². The molecule has 0 aromatic carbocycles. The quantitative estimate of drug-likeness (QED) is 0.477. The molecule has 1 aromatic rings. The summed E-state index contributed by atoms with van der Waals surface area (Å²) in [5.74, 6) is -0.523. The molecular formula is C14H14F6N2O3S. The number of hydrogen-bond donors (Lipinski definition) is 1. The average Bonchev–Trinajstić information content (AvgIpc) is 2.72. The van der Waals surface area contributed by atoms with E-state index in [2.05, 4.69) is 14.5 Å². The number of piperidine rings is 1. The van der Waals surface area contributed by atoms with Crippen LogP contribution in [0.25, 0.3) is 0 Å². The van der Waals surface area contributed by atoms with Gasteiger partial charge in [-0.05, 0) is 25.0 Å². The molecule has 1 aliphatic carbocycles. The predicted molar refractivity (Wildman–Crippen MR) is 76.4 cm³/mol. The zero-order valence-electron chi connectivity index (χ0n) is 13.1. The van der Waals surface area contributed by atoms with Gasteiger partial charge >= 0.3 is 21.8 Å². The van der Waals surface area contributed by atoms with Gasteiger partial charge in [0, 0.05) is 25.2 Å². The van der Waals surface area contributed by atoms with E-state index >= 15 is 0 Å². The third-order valence-corrected chi connectivity index (χ3v) is 5.92. The SMILES string of the molecule is O=S(=O)(O[C@H]1C2CCC1(c1ccc(C(F)(F)F)cn1)CNC2)C(F)(F)F. The number of halogens is 6. The van der Waals surface area contributed by atoms with Crippen LogP contribution >= 0.6 is 0 Å². The second kappa shape index (κ2) is 6.06. The number of pyridine rings is 1. The van der Waals surface area contributed by atoms with Crippen molar-refractivity contribution in [3.63, 3.8) is 0 Å². The third kappa shape index (κ3) is 3.18. The van der Waals surface area contributed by atoms with Crippen LogP contribution in [0.15, 0.2) is 18.3 Å². The van der Waals surface area contributed by atoms with Gasteiger partial charge in [0.05, 0.1) is 22.8 Å². The molecular weight excluding hydrogens is 390 g/mol. The first-order valence-electron chi connectivity index (χ1n) is 7.61. The number of nitrogens with zero attached hydrogens (tertiary/aromatic N) is 1. The molecule has 0 amide bonds. The number of rotatable bonds is 3. The second-order valence-corrected chi connectivity index (χ2v) is 8.00. The van der Waals surface area contributed by atoms with Gasteiger partial charge in [-0.1, -0.05) is 0 Å². The van der Waals surface area contributed by atoms with Crippen LogP contribution in [0.4, 0.5) is 26.3 Å². The summed E-state index contributed by atoms with van der Waals surface area (Å²) >= 11 is 0. The summed E-state index contributed by atoms with van der Waals surface area (Å²) in [5, 5.41) is 2.97. The first-order valence-corrected chi connectivity index (χ1v) is 9.02. The van der Waals surface area contributed by atoms with Crippen molar-refractivity contribution >= 4 is 10.1 Å². The topological polar surface area (TPSA) is 68.3 Å². The van der Waals surface area contributed by atoms with E-state index in [4.69, 9.17) is 0 Å². The molecule has 3 rings (SSSR count). The summed E-state index contributed by atoms with van der Waals surface area (Å²) < 4.78 is 104. The van der Waals surface area contributed by atoms with Crippen LogP contribution in [0.2, 0.25) is 0 Å². The standard InChI is InChI=1S/C14H14F6N2O3S/c15-13(16,17)9-1-2-10(22-6-9)12-4-3-8(5-21-7-12)11(12)25-26(23,24)14(18,19)20/h1-2,6,8,11,21H,3-5,7H2/t8?,11-,12?/m0/s1. The number of alkyl halides is 6. The molecule has 1 N–H and O–H groups in total. The van der Waals surface area contributed by atoms with E-state index < -0.39 is 44.8 Å². The van der Waals surface area contributed by atoms with Gasteiger partial charge in [-0.3, -0.25) is 9.17 Å². The van der Waals surface area contributed by atoms with Crippen LogP contribution in [-0.2, 0) is 25.9 Å². The molecule has 3 atom stereocenters. The van der Waals surface area contributed by atoms with Crippen molar-refractivity contribution < 1.29 is 38.9 Å². The Morgan fingerprint density at radius 1 is 1.19 bits per heavy atom. The molecule has 2 fully saturated rings. The molecule has 1 saturated heterocycles. The molecule has 1 aliphatic heterocycles. The van der Waals surface area contributed by atoms with Crippen molar-refractivity contribution in [2.45, 2.75) is 36.0 Å². The summed E-state index contributed by atoms with van der Waals surface area (Å²) in [5.41, 5.74) is -7.75. The highest BCUT2D eigenvalue weighted by atomic mass is 32.2. The largest absolute Gasteiger partial charge is 0.523 e. The number of aromatic nitrogens is 1. The van der Waals surface area contributed by atoms with E-state index in [1.54, 1.807) is 0 Å². The number of fused-ring (bicyclic) bond motifs is 2. The van der Waals surface area contributed by atoms with Gasteiger partial charge in [0.2, 0.25) is 0 Å². The molecule has 12 heteroatoms. The molecule has 1 aromatic heterocycles. The zero-order valence-corrected chi connectivity index (χ0v) is 13.9. The van der Waals surface area contributed by atoms with Gasteiger partial charge in [0.25, 0.3) is 0 Å². The Bertz CT molecular complexity index is 773. The fourth-order valence-corrected chi connectivity index (χ4v) is 4.37. The Balaban J connectivity index is 1.97. The molecule has 2 bridgehead atoms. The van der Waals surface area contributed by atoms with Gasteiger partial charge in [-0.25, -0.2) is 0 Å². The van der Waals surface area contributed by atoms with Crippen LogP contribution in [0.5, 0.6) is 0 Å². The number of hydrogen-bond acceptors (Lipinski definition) is 5. The minimum Gasteiger partial charge on any atom is -0.315 e. The zero-order chi connectivity index (χ0) is 19.4. The molecule has 26 heavy (non-hydrogen) atoms. The number of nitrogens with one attached hydrogen (secondary N) is 1. The fraction of sp³-hybridized carbons (Fsp3) is 0.643. The van der Waals surface area contributed by atoms with E-state index in [1.165, 1.54) is 0 Å². The second-order valence-electron chi connectivity index (χ2n) is 6.43. The minimum atomic E-state index is -5.84. The van der Waals surface area contributed by atoms with Gasteiger partial charge in [-0.15, -0.1) is 0 Å². The van der Waals surface area contributed by atoms with E-state index in [1.807, 2.05) is 0 Å². The molecule has 5 nitrogen and oxygen atoms in total. The minimum absolute atomic E-state index is 0.0555. The molecule has 2 aliphatic rings. The van der Waals surface area contributed by atoms with E-state index in [9.17, 15) is 34.8 Å². The molecule has 1 saturated carbocycles. The normalized spacial score (nSPS) is 29.8. The lowest BCUT2D eigenvalue weighted by Gasteiger charge is -2.40. The summed E-state index contributed by atoms with van der Waals surface area (Å²) in [6, 6.07) is 1.84. The highest BCUT2D eigenvalue weighted by Crippen LogP contribution is 2.49. The Morgan fingerprint density at radius 3 is 2.42 bits per heavy atom. The smallest absolute Gasteiger partial charge is 0.315 e. The van der Waals surface area contributed by atoms with Gasteiger partial charge in [0.15, 0.2) is 0 Å². The Labute approximate surface area is 144 Å². The highest BCUT2D eigenvalue weighted by molar-refractivity contribution is 7.87. The van der Waals surface area contributed by atoms with E-state index in [0.29, 0.717) is 12.6 Å². The van der Waals surface area contributed by atoms with Crippen molar-refractivity contribution in [3.05, 3.63) is 29.6 Å². The molecule has 2 heterocycles. The lowest BCUT2D eigenvalue weighted by atomic mass is 9.77.